The summed E-state index contributed by atoms with van der Waals surface area (Å²) in [5.74, 6) is -1.16. The first kappa shape index (κ1) is 14.2. The highest BCUT2D eigenvalue weighted by molar-refractivity contribution is 6.04. The number of pyridine rings is 2. The molecule has 0 fully saturated rings. The van der Waals surface area contributed by atoms with Crippen molar-refractivity contribution in [1.82, 2.24) is 9.55 Å². The standard InChI is InChI=1S/C16H14N2O4/c1-9-3-2-4-10-7-11-14(17-13(9)10)12(16(21)22)8-18(5-6-19)15(11)20/h2-4,7-8,19H,5-6H2,1H3,(H,21,22). The van der Waals surface area contributed by atoms with E-state index in [0.717, 1.165) is 10.9 Å². The van der Waals surface area contributed by atoms with Gasteiger partial charge in [-0.2, -0.15) is 0 Å². The zero-order chi connectivity index (χ0) is 15.9. The average Bonchev–Trinajstić information content (AvgIpc) is 2.49. The minimum Gasteiger partial charge on any atom is -0.478 e. The van der Waals surface area contributed by atoms with Crippen molar-refractivity contribution in [2.45, 2.75) is 13.5 Å². The number of aromatic nitrogens is 2. The topological polar surface area (TPSA) is 92.4 Å². The number of carboxylic acids is 1. The molecule has 0 atom stereocenters. The van der Waals surface area contributed by atoms with E-state index in [9.17, 15) is 14.7 Å². The molecule has 6 heteroatoms. The molecule has 0 unspecified atom stereocenters. The molecular weight excluding hydrogens is 284 g/mol. The maximum Gasteiger partial charge on any atom is 0.339 e. The van der Waals surface area contributed by atoms with Gasteiger partial charge in [0.15, 0.2) is 0 Å². The molecule has 22 heavy (non-hydrogen) atoms. The van der Waals surface area contributed by atoms with Gasteiger partial charge in [-0.15, -0.1) is 0 Å². The van der Waals surface area contributed by atoms with Crippen LogP contribution in [0.2, 0.25) is 0 Å². The largest absolute Gasteiger partial charge is 0.478 e. The van der Waals surface area contributed by atoms with Crippen LogP contribution in [-0.2, 0) is 6.54 Å². The van der Waals surface area contributed by atoms with Crippen molar-refractivity contribution in [3.8, 4) is 0 Å². The minimum absolute atomic E-state index is 0.0426. The van der Waals surface area contributed by atoms with Crippen molar-refractivity contribution in [2.75, 3.05) is 6.61 Å². The SMILES string of the molecule is Cc1cccc2cc3c(=O)n(CCO)cc(C(=O)O)c3nc12. The second kappa shape index (κ2) is 5.23. The number of hydrogen-bond donors (Lipinski definition) is 2. The highest BCUT2D eigenvalue weighted by Gasteiger charge is 2.16. The fourth-order valence-corrected chi connectivity index (χ4v) is 2.58. The number of nitrogens with zero attached hydrogens (tertiary/aromatic N) is 2. The van der Waals surface area contributed by atoms with Crippen LogP contribution in [0.4, 0.5) is 0 Å². The number of benzene rings is 1. The third kappa shape index (κ3) is 2.14. The van der Waals surface area contributed by atoms with Crippen molar-refractivity contribution < 1.29 is 15.0 Å². The summed E-state index contributed by atoms with van der Waals surface area (Å²) in [5.41, 5.74) is 1.36. The Morgan fingerprint density at radius 2 is 2.09 bits per heavy atom. The smallest absolute Gasteiger partial charge is 0.339 e. The Kier molecular flexibility index (Phi) is 3.38. The number of para-hydroxylation sites is 1. The third-order valence-corrected chi connectivity index (χ3v) is 3.65. The molecule has 0 aliphatic carbocycles. The molecule has 0 bridgehead atoms. The zero-order valence-corrected chi connectivity index (χ0v) is 11.9. The van der Waals surface area contributed by atoms with Gasteiger partial charge in [-0.25, -0.2) is 9.78 Å². The summed E-state index contributed by atoms with van der Waals surface area (Å²) in [6.45, 7) is 1.68. The maximum absolute atomic E-state index is 12.4. The Balaban J connectivity index is 2.50. The van der Waals surface area contributed by atoms with Crippen molar-refractivity contribution in [3.05, 3.63) is 51.9 Å². The number of fused-ring (bicyclic) bond motifs is 2. The number of aliphatic hydroxyl groups is 1. The van der Waals surface area contributed by atoms with E-state index in [4.69, 9.17) is 5.11 Å². The first-order valence-corrected chi connectivity index (χ1v) is 6.80. The molecule has 0 aliphatic heterocycles. The highest BCUT2D eigenvalue weighted by atomic mass is 16.4. The van der Waals surface area contributed by atoms with E-state index in [2.05, 4.69) is 4.98 Å². The molecule has 0 amide bonds. The molecule has 2 heterocycles. The second-order valence-electron chi connectivity index (χ2n) is 5.10. The van der Waals surface area contributed by atoms with E-state index >= 15 is 0 Å². The van der Waals surface area contributed by atoms with Gasteiger partial charge in [-0.05, 0) is 18.6 Å². The predicted molar refractivity (Wildman–Crippen MR) is 82.3 cm³/mol. The number of aliphatic hydroxyl groups excluding tert-OH is 1. The number of hydrogen-bond acceptors (Lipinski definition) is 4. The van der Waals surface area contributed by atoms with Crippen LogP contribution in [0.5, 0.6) is 0 Å². The van der Waals surface area contributed by atoms with Gasteiger partial charge < -0.3 is 14.8 Å². The van der Waals surface area contributed by atoms with E-state index in [1.54, 1.807) is 6.07 Å². The molecule has 0 radical (unpaired) electrons. The summed E-state index contributed by atoms with van der Waals surface area (Å²) < 4.78 is 1.20. The summed E-state index contributed by atoms with van der Waals surface area (Å²) in [6.07, 6.45) is 1.24. The van der Waals surface area contributed by atoms with E-state index < -0.39 is 5.97 Å². The van der Waals surface area contributed by atoms with E-state index in [1.165, 1.54) is 10.8 Å². The van der Waals surface area contributed by atoms with Gasteiger partial charge in [0.2, 0.25) is 0 Å². The molecule has 3 aromatic rings. The maximum atomic E-state index is 12.4. The van der Waals surface area contributed by atoms with Gasteiger partial charge in [-0.3, -0.25) is 4.79 Å². The van der Waals surface area contributed by atoms with Gasteiger partial charge in [-0.1, -0.05) is 18.2 Å². The molecule has 1 aromatic carbocycles. The first-order valence-electron chi connectivity index (χ1n) is 6.80. The lowest BCUT2D eigenvalue weighted by atomic mass is 10.1. The number of carboxylic acid groups (broad SMARTS) is 1. The van der Waals surface area contributed by atoms with Gasteiger partial charge >= 0.3 is 5.97 Å². The van der Waals surface area contributed by atoms with Crippen molar-refractivity contribution in [1.29, 1.82) is 0 Å². The number of aromatic carboxylic acids is 1. The van der Waals surface area contributed by atoms with Gasteiger partial charge in [0.1, 0.15) is 5.56 Å². The normalized spacial score (nSPS) is 11.2. The summed E-state index contributed by atoms with van der Waals surface area (Å²) in [5, 5.41) is 19.4. The van der Waals surface area contributed by atoms with Crippen molar-refractivity contribution in [3.63, 3.8) is 0 Å². The average molecular weight is 298 g/mol. The third-order valence-electron chi connectivity index (χ3n) is 3.65. The summed E-state index contributed by atoms with van der Waals surface area (Å²) in [7, 11) is 0. The van der Waals surface area contributed by atoms with Gasteiger partial charge in [0.05, 0.1) is 23.0 Å². The van der Waals surface area contributed by atoms with Crippen LogP contribution < -0.4 is 5.56 Å². The molecule has 0 saturated carbocycles. The number of rotatable bonds is 3. The Morgan fingerprint density at radius 3 is 2.77 bits per heavy atom. The van der Waals surface area contributed by atoms with Crippen molar-refractivity contribution in [2.24, 2.45) is 0 Å². The summed E-state index contributed by atoms with van der Waals surface area (Å²) >= 11 is 0. The van der Waals surface area contributed by atoms with Crippen LogP contribution in [0.3, 0.4) is 0 Å². The Hall–Kier alpha value is -2.73. The fourth-order valence-electron chi connectivity index (χ4n) is 2.58. The fraction of sp³-hybridized carbons (Fsp3) is 0.188. The van der Waals surface area contributed by atoms with E-state index in [0.29, 0.717) is 5.52 Å². The summed E-state index contributed by atoms with van der Waals surface area (Å²) in [4.78, 5) is 28.3. The molecule has 6 nitrogen and oxygen atoms in total. The first-order chi connectivity index (χ1) is 10.5. The zero-order valence-electron chi connectivity index (χ0n) is 11.9. The highest BCUT2D eigenvalue weighted by Crippen LogP contribution is 2.22. The van der Waals surface area contributed by atoms with E-state index in [1.807, 2.05) is 25.1 Å². The predicted octanol–water partition coefficient (Wildman–Crippen LogP) is 1.55. The second-order valence-corrected chi connectivity index (χ2v) is 5.10. The summed E-state index contributed by atoms with van der Waals surface area (Å²) in [6, 6.07) is 7.23. The molecular formula is C16H14N2O4. The van der Waals surface area contributed by atoms with Crippen LogP contribution in [0, 0.1) is 6.92 Å². The van der Waals surface area contributed by atoms with Gasteiger partial charge in [0.25, 0.3) is 5.56 Å². The molecule has 2 N–H and O–H groups in total. The lowest BCUT2D eigenvalue weighted by molar-refractivity contribution is 0.0697. The van der Waals surface area contributed by atoms with Gasteiger partial charge in [0, 0.05) is 18.1 Å². The molecule has 0 spiro atoms. The van der Waals surface area contributed by atoms with Crippen LogP contribution >= 0.6 is 0 Å². The molecule has 112 valence electrons. The Bertz CT molecular complexity index is 960. The van der Waals surface area contributed by atoms with Crippen LogP contribution in [0.25, 0.3) is 21.8 Å². The monoisotopic (exact) mass is 298 g/mol. The molecule has 2 aromatic heterocycles. The number of aryl methyl sites for hydroxylation is 1. The minimum atomic E-state index is -1.16. The van der Waals surface area contributed by atoms with Crippen molar-refractivity contribution >= 4 is 27.8 Å². The lowest BCUT2D eigenvalue weighted by Gasteiger charge is -2.10. The molecule has 0 saturated heterocycles. The Morgan fingerprint density at radius 1 is 1.32 bits per heavy atom. The van der Waals surface area contributed by atoms with Crippen LogP contribution in [0.1, 0.15) is 15.9 Å². The van der Waals surface area contributed by atoms with Crippen LogP contribution in [-0.4, -0.2) is 32.3 Å². The van der Waals surface area contributed by atoms with Crippen LogP contribution in [0.15, 0.2) is 35.3 Å². The molecule has 3 rings (SSSR count). The quantitative estimate of drug-likeness (QED) is 0.716. The number of carbonyl (C=O) groups is 1. The molecule has 0 aliphatic rings. The van der Waals surface area contributed by atoms with E-state index in [-0.39, 0.29) is 35.2 Å². The Labute approximate surface area is 125 Å². The lowest BCUT2D eigenvalue weighted by Crippen LogP contribution is -2.24.